The molecule has 5 nitrogen and oxygen atoms in total. The Morgan fingerprint density at radius 1 is 1.29 bits per heavy atom. The molecule has 0 amide bonds. The van der Waals surface area contributed by atoms with Crippen molar-refractivity contribution in [1.82, 2.24) is 19.7 Å². The molecule has 0 aliphatic carbocycles. The fraction of sp³-hybridized carbons (Fsp3) is 0.417. The van der Waals surface area contributed by atoms with E-state index in [9.17, 15) is 0 Å². The van der Waals surface area contributed by atoms with Crippen LogP contribution in [0.25, 0.3) is 5.82 Å². The first-order chi connectivity index (χ1) is 8.28. The van der Waals surface area contributed by atoms with Gasteiger partial charge in [0.05, 0.1) is 6.61 Å². The highest BCUT2D eigenvalue weighted by atomic mass is 16.3. The number of aryl methyl sites for hydroxylation is 2. The van der Waals surface area contributed by atoms with E-state index < -0.39 is 0 Å². The molecule has 0 saturated heterocycles. The third-order valence-electron chi connectivity index (χ3n) is 2.56. The average Bonchev–Trinajstić information content (AvgIpc) is 2.82. The van der Waals surface area contributed by atoms with Crippen LogP contribution in [0.5, 0.6) is 0 Å². The van der Waals surface area contributed by atoms with Gasteiger partial charge in [0.2, 0.25) is 0 Å². The Balaban J connectivity index is 2.47. The van der Waals surface area contributed by atoms with Gasteiger partial charge in [0.25, 0.3) is 0 Å². The van der Waals surface area contributed by atoms with Crippen molar-refractivity contribution in [1.29, 1.82) is 0 Å². The molecule has 0 spiro atoms. The monoisotopic (exact) mass is 232 g/mol. The lowest BCUT2D eigenvalue weighted by Gasteiger charge is -2.04. The third-order valence-corrected chi connectivity index (χ3v) is 2.56. The van der Waals surface area contributed by atoms with E-state index in [1.54, 1.807) is 16.9 Å². The van der Waals surface area contributed by atoms with Gasteiger partial charge in [0, 0.05) is 19.0 Å². The lowest BCUT2D eigenvalue weighted by Crippen LogP contribution is -2.05. The summed E-state index contributed by atoms with van der Waals surface area (Å²) in [5.41, 5.74) is 0.825. The van der Waals surface area contributed by atoms with E-state index in [-0.39, 0.29) is 6.61 Å². The maximum Gasteiger partial charge on any atom is 0.155 e. The van der Waals surface area contributed by atoms with Crippen LogP contribution in [0.1, 0.15) is 31.1 Å². The number of pyridine rings is 1. The first kappa shape index (κ1) is 11.7. The minimum atomic E-state index is 0.00626. The summed E-state index contributed by atoms with van der Waals surface area (Å²) in [5, 5.41) is 13.5. The van der Waals surface area contributed by atoms with E-state index >= 15 is 0 Å². The van der Waals surface area contributed by atoms with Gasteiger partial charge in [0.15, 0.2) is 11.6 Å². The summed E-state index contributed by atoms with van der Waals surface area (Å²) in [6.07, 6.45) is 3.28. The Bertz CT molecular complexity index is 507. The maximum absolute atomic E-state index is 9.11. The van der Waals surface area contributed by atoms with E-state index in [2.05, 4.69) is 15.1 Å². The van der Waals surface area contributed by atoms with Gasteiger partial charge in [-0.2, -0.15) is 4.68 Å². The van der Waals surface area contributed by atoms with Gasteiger partial charge in [-0.15, -0.1) is 5.10 Å². The highest BCUT2D eigenvalue weighted by molar-refractivity contribution is 5.27. The fourth-order valence-corrected chi connectivity index (χ4v) is 1.63. The lowest BCUT2D eigenvalue weighted by atomic mass is 10.3. The van der Waals surface area contributed by atoms with Gasteiger partial charge < -0.3 is 5.11 Å². The molecule has 2 heterocycles. The summed E-state index contributed by atoms with van der Waals surface area (Å²) in [6.45, 7) is 4.07. The lowest BCUT2D eigenvalue weighted by molar-refractivity contribution is 0.281. The highest BCUT2D eigenvalue weighted by Gasteiger charge is 2.10. The van der Waals surface area contributed by atoms with Crippen molar-refractivity contribution < 1.29 is 5.11 Å². The Morgan fingerprint density at radius 2 is 2.12 bits per heavy atom. The Kier molecular flexibility index (Phi) is 3.49. The first-order valence-corrected chi connectivity index (χ1v) is 5.79. The minimum Gasteiger partial charge on any atom is -0.392 e. The zero-order chi connectivity index (χ0) is 12.3. The van der Waals surface area contributed by atoms with Crippen LogP contribution in [-0.4, -0.2) is 24.9 Å². The molecule has 0 aliphatic heterocycles. The molecule has 0 saturated carbocycles. The third kappa shape index (κ3) is 2.34. The zero-order valence-electron chi connectivity index (χ0n) is 10.1. The van der Waals surface area contributed by atoms with Gasteiger partial charge in [0.1, 0.15) is 5.82 Å². The molecule has 90 valence electrons. The van der Waals surface area contributed by atoms with Crippen LogP contribution in [0.15, 0.2) is 18.3 Å². The van der Waals surface area contributed by atoms with E-state index in [1.807, 2.05) is 19.9 Å². The van der Waals surface area contributed by atoms with E-state index in [4.69, 9.17) is 5.11 Å². The second kappa shape index (κ2) is 5.05. The second-order valence-electron chi connectivity index (χ2n) is 3.74. The topological polar surface area (TPSA) is 63.8 Å². The van der Waals surface area contributed by atoms with Gasteiger partial charge in [-0.25, -0.2) is 9.97 Å². The van der Waals surface area contributed by atoms with Crippen molar-refractivity contribution in [3.05, 3.63) is 35.5 Å². The van der Waals surface area contributed by atoms with E-state index in [0.717, 1.165) is 30.1 Å². The normalized spacial score (nSPS) is 10.8. The summed E-state index contributed by atoms with van der Waals surface area (Å²) in [7, 11) is 0. The van der Waals surface area contributed by atoms with Crippen molar-refractivity contribution in [2.45, 2.75) is 33.3 Å². The van der Waals surface area contributed by atoms with Crippen LogP contribution in [0.3, 0.4) is 0 Å². The molecule has 5 heteroatoms. The molecule has 0 bridgehead atoms. The number of hydrogen-bond donors (Lipinski definition) is 1. The quantitative estimate of drug-likeness (QED) is 0.862. The van der Waals surface area contributed by atoms with Crippen molar-refractivity contribution in [3.8, 4) is 5.82 Å². The van der Waals surface area contributed by atoms with Gasteiger partial charge in [-0.3, -0.25) is 0 Å². The molecule has 2 aromatic heterocycles. The van der Waals surface area contributed by atoms with Crippen LogP contribution in [-0.2, 0) is 19.4 Å². The Morgan fingerprint density at radius 3 is 2.76 bits per heavy atom. The molecule has 2 rings (SSSR count). The van der Waals surface area contributed by atoms with Gasteiger partial charge in [-0.05, 0) is 17.7 Å². The summed E-state index contributed by atoms with van der Waals surface area (Å²) in [4.78, 5) is 8.69. The van der Waals surface area contributed by atoms with Crippen molar-refractivity contribution in [3.63, 3.8) is 0 Å². The molecule has 0 atom stereocenters. The van der Waals surface area contributed by atoms with Crippen LogP contribution in [0.4, 0.5) is 0 Å². The molecule has 1 N–H and O–H groups in total. The molecule has 0 fully saturated rings. The molecule has 0 aliphatic rings. The molecule has 0 aromatic carbocycles. The number of aromatic nitrogens is 4. The van der Waals surface area contributed by atoms with E-state index in [1.165, 1.54) is 0 Å². The van der Waals surface area contributed by atoms with Crippen LogP contribution in [0.2, 0.25) is 0 Å². The van der Waals surface area contributed by atoms with Crippen LogP contribution < -0.4 is 0 Å². The average molecular weight is 232 g/mol. The summed E-state index contributed by atoms with van der Waals surface area (Å²) >= 11 is 0. The molecular formula is C12H16N4O. The summed E-state index contributed by atoms with van der Waals surface area (Å²) < 4.78 is 1.75. The molecule has 0 unspecified atom stereocenters. The predicted octanol–water partition coefficient (Wildman–Crippen LogP) is 1.28. The zero-order valence-corrected chi connectivity index (χ0v) is 10.1. The molecular weight excluding hydrogens is 216 g/mol. The van der Waals surface area contributed by atoms with Crippen molar-refractivity contribution in [2.75, 3.05) is 0 Å². The maximum atomic E-state index is 9.11. The highest BCUT2D eigenvalue weighted by Crippen LogP contribution is 2.10. The van der Waals surface area contributed by atoms with Crippen molar-refractivity contribution in [2.24, 2.45) is 0 Å². The largest absolute Gasteiger partial charge is 0.392 e. The van der Waals surface area contributed by atoms with Gasteiger partial charge in [-0.1, -0.05) is 13.8 Å². The molecule has 2 aromatic rings. The van der Waals surface area contributed by atoms with Gasteiger partial charge >= 0.3 is 0 Å². The van der Waals surface area contributed by atoms with E-state index in [0.29, 0.717) is 5.82 Å². The first-order valence-electron chi connectivity index (χ1n) is 5.79. The SMILES string of the molecule is CCc1nc(CC)n(-c2cc(CO)ccn2)n1. The van der Waals surface area contributed by atoms with Crippen LogP contribution in [0, 0.1) is 0 Å². The minimum absolute atomic E-state index is 0.00626. The molecule has 0 radical (unpaired) electrons. The Labute approximate surface area is 100 Å². The smallest absolute Gasteiger partial charge is 0.155 e. The standard InChI is InChI=1S/C12H16N4O/c1-3-10-14-11(4-2)16(15-10)12-7-9(8-17)5-6-13-12/h5-7,17H,3-4,8H2,1-2H3. The fourth-order valence-electron chi connectivity index (χ4n) is 1.63. The molecule has 17 heavy (non-hydrogen) atoms. The summed E-state index contributed by atoms with van der Waals surface area (Å²) in [6, 6.07) is 3.61. The van der Waals surface area contributed by atoms with Crippen LogP contribution >= 0.6 is 0 Å². The second-order valence-corrected chi connectivity index (χ2v) is 3.74. The summed E-state index contributed by atoms with van der Waals surface area (Å²) in [5.74, 6) is 2.42. The number of rotatable bonds is 4. The number of aliphatic hydroxyl groups is 1. The number of hydrogen-bond acceptors (Lipinski definition) is 4. The number of nitrogens with zero attached hydrogens (tertiary/aromatic N) is 4. The predicted molar refractivity (Wildman–Crippen MR) is 63.8 cm³/mol. The number of aliphatic hydroxyl groups excluding tert-OH is 1. The Hall–Kier alpha value is -1.75. The van der Waals surface area contributed by atoms with Crippen molar-refractivity contribution >= 4 is 0 Å².